The van der Waals surface area contributed by atoms with E-state index >= 15 is 0 Å². The standard InChI is InChI=1S/C22H22N4O2S/c1-25-18-6-3-2-5-16(18)20(17(13-23)22(25)28)26-10-8-15(9-11-26)14-24-21(27)19-7-4-12-29-19/h2-7,12,15H,8-11,14H2,1H3,(H,24,27). The first kappa shape index (κ1) is 19.2. The molecule has 0 radical (unpaired) electrons. The highest BCUT2D eigenvalue weighted by Gasteiger charge is 2.25. The minimum atomic E-state index is -0.258. The van der Waals surface area contributed by atoms with Gasteiger partial charge in [-0.3, -0.25) is 9.59 Å². The Hall–Kier alpha value is -3.11. The molecule has 1 aromatic carbocycles. The minimum absolute atomic E-state index is 0.0215. The summed E-state index contributed by atoms with van der Waals surface area (Å²) >= 11 is 1.44. The highest BCUT2D eigenvalue weighted by atomic mass is 32.1. The van der Waals surface area contributed by atoms with Crippen LogP contribution in [0.25, 0.3) is 10.9 Å². The number of pyridine rings is 1. The average molecular weight is 407 g/mol. The van der Waals surface area contributed by atoms with E-state index in [1.807, 2.05) is 41.8 Å². The lowest BCUT2D eigenvalue weighted by molar-refractivity contribution is 0.0949. The number of amides is 1. The number of hydrogen-bond acceptors (Lipinski definition) is 5. The number of nitrogens with zero attached hydrogens (tertiary/aromatic N) is 3. The smallest absolute Gasteiger partial charge is 0.270 e. The monoisotopic (exact) mass is 406 g/mol. The van der Waals surface area contributed by atoms with Crippen molar-refractivity contribution in [3.05, 3.63) is 62.6 Å². The van der Waals surface area contributed by atoms with Gasteiger partial charge in [-0.2, -0.15) is 5.26 Å². The molecule has 2 aromatic heterocycles. The second-order valence-corrected chi connectivity index (χ2v) is 8.28. The summed E-state index contributed by atoms with van der Waals surface area (Å²) < 4.78 is 1.55. The SMILES string of the molecule is Cn1c(=O)c(C#N)c(N2CCC(CNC(=O)c3cccs3)CC2)c2ccccc21. The van der Waals surface area contributed by atoms with Crippen LogP contribution in [0.4, 0.5) is 5.69 Å². The van der Waals surface area contributed by atoms with Crippen molar-refractivity contribution in [3.8, 4) is 6.07 Å². The first-order valence-electron chi connectivity index (χ1n) is 9.68. The van der Waals surface area contributed by atoms with Crippen molar-refractivity contribution in [3.63, 3.8) is 0 Å². The van der Waals surface area contributed by atoms with E-state index in [1.165, 1.54) is 11.3 Å². The fraction of sp³-hybridized carbons (Fsp3) is 0.318. The van der Waals surface area contributed by atoms with Gasteiger partial charge in [0.15, 0.2) is 0 Å². The minimum Gasteiger partial charge on any atom is -0.370 e. The van der Waals surface area contributed by atoms with Crippen molar-refractivity contribution in [2.45, 2.75) is 12.8 Å². The predicted molar refractivity (Wildman–Crippen MR) is 115 cm³/mol. The summed E-state index contributed by atoms with van der Waals surface area (Å²) in [6.45, 7) is 2.16. The van der Waals surface area contributed by atoms with E-state index < -0.39 is 0 Å². The Balaban J connectivity index is 1.51. The van der Waals surface area contributed by atoms with Crippen LogP contribution in [0.2, 0.25) is 0 Å². The Morgan fingerprint density at radius 2 is 2.00 bits per heavy atom. The molecule has 1 N–H and O–H groups in total. The zero-order chi connectivity index (χ0) is 20.4. The van der Waals surface area contributed by atoms with Gasteiger partial charge in [-0.25, -0.2) is 0 Å². The molecule has 1 fully saturated rings. The van der Waals surface area contributed by atoms with Crippen LogP contribution in [0.15, 0.2) is 46.6 Å². The lowest BCUT2D eigenvalue weighted by atomic mass is 9.95. The Bertz CT molecular complexity index is 1140. The third-order valence-electron chi connectivity index (χ3n) is 5.61. The van der Waals surface area contributed by atoms with E-state index in [0.29, 0.717) is 12.5 Å². The number of piperidine rings is 1. The molecule has 4 rings (SSSR count). The van der Waals surface area contributed by atoms with E-state index in [0.717, 1.165) is 47.4 Å². The summed E-state index contributed by atoms with van der Waals surface area (Å²) in [5.74, 6) is 0.366. The van der Waals surface area contributed by atoms with Crippen LogP contribution in [0, 0.1) is 17.2 Å². The number of rotatable bonds is 4. The summed E-state index contributed by atoms with van der Waals surface area (Å²) in [4.78, 5) is 27.7. The zero-order valence-electron chi connectivity index (χ0n) is 16.2. The van der Waals surface area contributed by atoms with Gasteiger partial charge >= 0.3 is 0 Å². The molecule has 29 heavy (non-hydrogen) atoms. The summed E-state index contributed by atoms with van der Waals surface area (Å²) in [5.41, 5.74) is 1.52. The van der Waals surface area contributed by atoms with Gasteiger partial charge in [-0.15, -0.1) is 11.3 Å². The van der Waals surface area contributed by atoms with Crippen molar-refractivity contribution in [2.75, 3.05) is 24.5 Å². The van der Waals surface area contributed by atoms with Crippen LogP contribution in [0.5, 0.6) is 0 Å². The number of aromatic nitrogens is 1. The third kappa shape index (κ3) is 3.64. The number of carbonyl (C=O) groups is 1. The number of fused-ring (bicyclic) bond motifs is 1. The fourth-order valence-electron chi connectivity index (χ4n) is 4.00. The Kier molecular flexibility index (Phi) is 5.36. The van der Waals surface area contributed by atoms with Gasteiger partial charge in [0, 0.05) is 32.1 Å². The molecule has 0 atom stereocenters. The van der Waals surface area contributed by atoms with Crippen molar-refractivity contribution < 1.29 is 4.79 Å². The number of carbonyl (C=O) groups excluding carboxylic acids is 1. The summed E-state index contributed by atoms with van der Waals surface area (Å²) in [7, 11) is 1.71. The molecule has 1 aliphatic heterocycles. The Morgan fingerprint density at radius 3 is 2.69 bits per heavy atom. The molecule has 1 aliphatic rings. The topological polar surface area (TPSA) is 78.1 Å². The summed E-state index contributed by atoms with van der Waals surface area (Å²) in [5, 5.41) is 15.5. The first-order chi connectivity index (χ1) is 14.1. The van der Waals surface area contributed by atoms with Gasteiger partial charge in [-0.05, 0) is 36.3 Å². The van der Waals surface area contributed by atoms with Crippen molar-refractivity contribution in [1.29, 1.82) is 5.26 Å². The molecule has 3 aromatic rings. The highest BCUT2D eigenvalue weighted by molar-refractivity contribution is 7.12. The molecule has 1 amide bonds. The average Bonchev–Trinajstić information content (AvgIpc) is 3.30. The van der Waals surface area contributed by atoms with Crippen molar-refractivity contribution in [1.82, 2.24) is 9.88 Å². The normalized spacial score (nSPS) is 14.7. The molecule has 0 spiro atoms. The molecule has 6 nitrogen and oxygen atoms in total. The zero-order valence-corrected chi connectivity index (χ0v) is 17.0. The molecule has 0 saturated carbocycles. The Labute approximate surface area is 173 Å². The first-order valence-corrected chi connectivity index (χ1v) is 10.6. The molecule has 1 saturated heterocycles. The third-order valence-corrected chi connectivity index (χ3v) is 6.48. The van der Waals surface area contributed by atoms with Gasteiger partial charge in [0.25, 0.3) is 11.5 Å². The molecule has 0 unspecified atom stereocenters. The molecule has 148 valence electrons. The number of aryl methyl sites for hydroxylation is 1. The molecule has 0 bridgehead atoms. The van der Waals surface area contributed by atoms with E-state index in [4.69, 9.17) is 0 Å². The number of benzene rings is 1. The largest absolute Gasteiger partial charge is 0.370 e. The Morgan fingerprint density at radius 1 is 1.24 bits per heavy atom. The van der Waals surface area contributed by atoms with Crippen LogP contribution in [-0.4, -0.2) is 30.1 Å². The predicted octanol–water partition coefficient (Wildman–Crippen LogP) is 3.12. The fourth-order valence-corrected chi connectivity index (χ4v) is 4.64. The molecular formula is C22H22N4O2S. The van der Waals surface area contributed by atoms with Gasteiger partial charge in [-0.1, -0.05) is 24.3 Å². The lowest BCUT2D eigenvalue weighted by Crippen LogP contribution is -2.40. The number of thiophene rings is 1. The molecule has 3 heterocycles. The maximum atomic E-state index is 12.7. The second-order valence-electron chi connectivity index (χ2n) is 7.33. The maximum Gasteiger partial charge on any atom is 0.270 e. The van der Waals surface area contributed by atoms with Crippen LogP contribution >= 0.6 is 11.3 Å². The van der Waals surface area contributed by atoms with Crippen LogP contribution in [0.3, 0.4) is 0 Å². The van der Waals surface area contributed by atoms with Gasteiger partial charge in [0.2, 0.25) is 0 Å². The lowest BCUT2D eigenvalue weighted by Gasteiger charge is -2.35. The number of anilines is 1. The van der Waals surface area contributed by atoms with Gasteiger partial charge < -0.3 is 14.8 Å². The van der Waals surface area contributed by atoms with Crippen molar-refractivity contribution in [2.24, 2.45) is 13.0 Å². The maximum absolute atomic E-state index is 12.7. The van der Waals surface area contributed by atoms with Crippen LogP contribution in [0.1, 0.15) is 28.1 Å². The number of para-hydroxylation sites is 1. The van der Waals surface area contributed by atoms with E-state index in [2.05, 4.69) is 16.3 Å². The number of hydrogen-bond donors (Lipinski definition) is 1. The summed E-state index contributed by atoms with van der Waals surface area (Å²) in [6.07, 6.45) is 1.80. The summed E-state index contributed by atoms with van der Waals surface area (Å²) in [6, 6.07) is 13.6. The van der Waals surface area contributed by atoms with Gasteiger partial charge in [0.1, 0.15) is 11.6 Å². The van der Waals surface area contributed by atoms with Crippen molar-refractivity contribution >= 4 is 33.8 Å². The molecule has 0 aliphatic carbocycles. The highest BCUT2D eigenvalue weighted by Crippen LogP contribution is 2.31. The van der Waals surface area contributed by atoms with Gasteiger partial charge in [0.05, 0.1) is 16.1 Å². The second kappa shape index (κ2) is 8.10. The van der Waals surface area contributed by atoms with Crippen LogP contribution in [-0.2, 0) is 7.05 Å². The number of nitriles is 1. The van der Waals surface area contributed by atoms with E-state index in [9.17, 15) is 14.9 Å². The van der Waals surface area contributed by atoms with E-state index in [1.54, 1.807) is 11.6 Å². The number of nitrogens with one attached hydrogen (secondary N) is 1. The molecular weight excluding hydrogens is 384 g/mol. The van der Waals surface area contributed by atoms with Crippen LogP contribution < -0.4 is 15.8 Å². The molecule has 7 heteroatoms. The van der Waals surface area contributed by atoms with E-state index in [-0.39, 0.29) is 17.0 Å². The quantitative estimate of drug-likeness (QED) is 0.722.